The van der Waals surface area contributed by atoms with E-state index in [4.69, 9.17) is 10.7 Å². The fraction of sp³-hybridized carbons (Fsp3) is 0.174. The molecule has 0 spiro atoms. The van der Waals surface area contributed by atoms with Crippen LogP contribution < -0.4 is 16.6 Å². The molecule has 0 aliphatic carbocycles. The fourth-order valence-corrected chi connectivity index (χ4v) is 3.93. The van der Waals surface area contributed by atoms with Crippen LogP contribution in [0.5, 0.6) is 0 Å². The Morgan fingerprint density at radius 2 is 1.94 bits per heavy atom. The van der Waals surface area contributed by atoms with Gasteiger partial charge in [0.15, 0.2) is 11.5 Å². The van der Waals surface area contributed by atoms with Crippen molar-refractivity contribution in [3.8, 4) is 5.69 Å². The highest BCUT2D eigenvalue weighted by atomic mass is 16.1. The maximum atomic E-state index is 13.7. The topological polar surface area (TPSA) is 127 Å². The van der Waals surface area contributed by atoms with Crippen molar-refractivity contribution in [2.75, 3.05) is 11.1 Å². The Balaban J connectivity index is 1.74. The fourth-order valence-electron chi connectivity index (χ4n) is 3.93. The number of para-hydroxylation sites is 1. The van der Waals surface area contributed by atoms with Crippen LogP contribution in [0, 0.1) is 0 Å². The molecule has 0 radical (unpaired) electrons. The lowest BCUT2D eigenvalue weighted by atomic mass is 10.1. The number of aromatic nitrogens is 6. The SMILES string of the molecule is CCC[C@H](Nc1ncnc2nc[nH]c12)c1nc2cccc(N)c2c(=O)n1-c1ccccc1. The third-order valence-corrected chi connectivity index (χ3v) is 5.39. The normalized spacial score (nSPS) is 12.3. The lowest BCUT2D eigenvalue weighted by molar-refractivity contribution is 0.616. The van der Waals surface area contributed by atoms with E-state index in [0.717, 1.165) is 18.5 Å². The zero-order valence-electron chi connectivity index (χ0n) is 17.5. The van der Waals surface area contributed by atoms with E-state index in [0.29, 0.717) is 39.4 Å². The monoisotopic (exact) mass is 426 g/mol. The van der Waals surface area contributed by atoms with E-state index < -0.39 is 0 Å². The quantitative estimate of drug-likeness (QED) is 0.354. The first-order chi connectivity index (χ1) is 15.7. The maximum Gasteiger partial charge on any atom is 0.268 e. The number of hydrogen-bond acceptors (Lipinski definition) is 7. The summed E-state index contributed by atoms with van der Waals surface area (Å²) in [5, 5.41) is 3.88. The Labute approximate surface area is 183 Å². The zero-order valence-corrected chi connectivity index (χ0v) is 17.5. The molecule has 0 aliphatic heterocycles. The van der Waals surface area contributed by atoms with Gasteiger partial charge in [0, 0.05) is 5.69 Å². The van der Waals surface area contributed by atoms with Crippen LogP contribution in [0.15, 0.2) is 66.0 Å². The van der Waals surface area contributed by atoms with E-state index in [-0.39, 0.29) is 11.6 Å². The van der Waals surface area contributed by atoms with Gasteiger partial charge in [-0.2, -0.15) is 0 Å². The number of nitrogens with zero attached hydrogens (tertiary/aromatic N) is 5. The van der Waals surface area contributed by atoms with E-state index in [1.807, 2.05) is 42.5 Å². The molecular weight excluding hydrogens is 404 g/mol. The largest absolute Gasteiger partial charge is 0.398 e. The molecule has 0 amide bonds. The Morgan fingerprint density at radius 3 is 2.75 bits per heavy atom. The number of aromatic amines is 1. The minimum Gasteiger partial charge on any atom is -0.398 e. The number of benzene rings is 2. The summed E-state index contributed by atoms with van der Waals surface area (Å²) in [4.78, 5) is 34.4. The number of imidazole rings is 1. The predicted octanol–water partition coefficient (Wildman–Crippen LogP) is 3.59. The average Bonchev–Trinajstić information content (AvgIpc) is 3.29. The summed E-state index contributed by atoms with van der Waals surface area (Å²) in [6.07, 6.45) is 4.64. The third kappa shape index (κ3) is 3.33. The van der Waals surface area contributed by atoms with Gasteiger partial charge in [-0.1, -0.05) is 37.6 Å². The molecule has 5 rings (SSSR count). The molecule has 2 aromatic carbocycles. The molecule has 9 nitrogen and oxygen atoms in total. The van der Waals surface area contributed by atoms with Gasteiger partial charge in [0.2, 0.25) is 0 Å². The van der Waals surface area contributed by atoms with Crippen molar-refractivity contribution in [2.45, 2.75) is 25.8 Å². The summed E-state index contributed by atoms with van der Waals surface area (Å²) in [6, 6.07) is 14.5. The first kappa shape index (κ1) is 19.7. The number of rotatable bonds is 6. The molecule has 0 saturated heterocycles. The van der Waals surface area contributed by atoms with Gasteiger partial charge in [0.1, 0.15) is 17.7 Å². The lowest BCUT2D eigenvalue weighted by Gasteiger charge is -2.23. The van der Waals surface area contributed by atoms with E-state index in [1.165, 1.54) is 6.33 Å². The zero-order chi connectivity index (χ0) is 22.1. The minimum atomic E-state index is -0.292. The lowest BCUT2D eigenvalue weighted by Crippen LogP contribution is -2.29. The molecule has 3 aromatic heterocycles. The molecule has 32 heavy (non-hydrogen) atoms. The van der Waals surface area contributed by atoms with Crippen LogP contribution in [-0.4, -0.2) is 29.5 Å². The second kappa shape index (κ2) is 8.10. The number of nitrogens with two attached hydrogens (primary N) is 1. The molecule has 3 heterocycles. The summed E-state index contributed by atoms with van der Waals surface area (Å²) in [5.41, 5.74) is 8.93. The number of nitrogens with one attached hydrogen (secondary N) is 2. The standard InChI is InChI=1S/C23H22N8O/c1-2-7-17(29-21-19-20(26-12-25-19)27-13-28-21)22-30-16-11-6-10-15(24)18(16)23(32)31(22)14-8-4-3-5-9-14/h3-6,8-13,17H,2,7,24H2,1H3,(H2,25,26,27,28,29)/t17-/m0/s1. The maximum absolute atomic E-state index is 13.7. The Morgan fingerprint density at radius 1 is 1.09 bits per heavy atom. The number of fused-ring (bicyclic) bond motifs is 2. The van der Waals surface area contributed by atoms with Crippen molar-refractivity contribution < 1.29 is 0 Å². The molecule has 0 unspecified atom stereocenters. The second-order valence-electron chi connectivity index (χ2n) is 7.50. The highest BCUT2D eigenvalue weighted by Crippen LogP contribution is 2.27. The molecule has 0 saturated carbocycles. The van der Waals surface area contributed by atoms with E-state index in [9.17, 15) is 4.79 Å². The van der Waals surface area contributed by atoms with Gasteiger partial charge in [0.25, 0.3) is 5.56 Å². The van der Waals surface area contributed by atoms with Gasteiger partial charge in [-0.15, -0.1) is 0 Å². The highest BCUT2D eigenvalue weighted by Gasteiger charge is 2.23. The first-order valence-electron chi connectivity index (χ1n) is 10.4. The van der Waals surface area contributed by atoms with E-state index in [1.54, 1.807) is 17.0 Å². The Bertz CT molecular complexity index is 1460. The van der Waals surface area contributed by atoms with Crippen molar-refractivity contribution in [2.24, 2.45) is 0 Å². The van der Waals surface area contributed by atoms with Crippen LogP contribution in [0.3, 0.4) is 0 Å². The van der Waals surface area contributed by atoms with Crippen LogP contribution in [-0.2, 0) is 0 Å². The van der Waals surface area contributed by atoms with Gasteiger partial charge in [-0.05, 0) is 30.7 Å². The Hall–Kier alpha value is -4.27. The van der Waals surface area contributed by atoms with Crippen molar-refractivity contribution in [3.05, 3.63) is 77.4 Å². The number of H-pyrrole nitrogens is 1. The summed E-state index contributed by atoms with van der Waals surface area (Å²) < 4.78 is 1.64. The number of anilines is 2. The summed E-state index contributed by atoms with van der Waals surface area (Å²) in [5.74, 6) is 1.19. The van der Waals surface area contributed by atoms with Crippen molar-refractivity contribution >= 4 is 33.6 Å². The van der Waals surface area contributed by atoms with Crippen LogP contribution in [0.4, 0.5) is 11.5 Å². The predicted molar refractivity (Wildman–Crippen MR) is 125 cm³/mol. The van der Waals surface area contributed by atoms with Crippen LogP contribution in [0.25, 0.3) is 27.8 Å². The van der Waals surface area contributed by atoms with Gasteiger partial charge in [-0.25, -0.2) is 19.9 Å². The molecule has 0 fully saturated rings. The molecule has 4 N–H and O–H groups in total. The number of nitrogen functional groups attached to an aromatic ring is 1. The molecule has 9 heteroatoms. The van der Waals surface area contributed by atoms with Crippen molar-refractivity contribution in [3.63, 3.8) is 0 Å². The molecule has 0 aliphatic rings. The average molecular weight is 426 g/mol. The molecule has 1 atom stereocenters. The molecule has 160 valence electrons. The van der Waals surface area contributed by atoms with Gasteiger partial charge in [-0.3, -0.25) is 9.36 Å². The van der Waals surface area contributed by atoms with Crippen LogP contribution in [0.2, 0.25) is 0 Å². The molecular formula is C23H22N8O. The third-order valence-electron chi connectivity index (χ3n) is 5.39. The smallest absolute Gasteiger partial charge is 0.268 e. The van der Waals surface area contributed by atoms with Gasteiger partial charge in [0.05, 0.1) is 29.0 Å². The van der Waals surface area contributed by atoms with Gasteiger partial charge < -0.3 is 16.0 Å². The number of hydrogen-bond donors (Lipinski definition) is 3. The molecule has 0 bridgehead atoms. The Kier molecular flexibility index (Phi) is 4.98. The van der Waals surface area contributed by atoms with Crippen molar-refractivity contribution in [1.82, 2.24) is 29.5 Å². The molecule has 5 aromatic rings. The summed E-state index contributed by atoms with van der Waals surface area (Å²) >= 11 is 0. The van der Waals surface area contributed by atoms with Crippen LogP contribution >= 0.6 is 0 Å². The minimum absolute atomic E-state index is 0.202. The summed E-state index contributed by atoms with van der Waals surface area (Å²) in [7, 11) is 0. The van der Waals surface area contributed by atoms with Gasteiger partial charge >= 0.3 is 0 Å². The van der Waals surface area contributed by atoms with E-state index >= 15 is 0 Å². The first-order valence-corrected chi connectivity index (χ1v) is 10.4. The van der Waals surface area contributed by atoms with Crippen molar-refractivity contribution in [1.29, 1.82) is 0 Å². The highest BCUT2D eigenvalue weighted by molar-refractivity contribution is 5.89. The van der Waals surface area contributed by atoms with E-state index in [2.05, 4.69) is 32.2 Å². The van der Waals surface area contributed by atoms with Crippen LogP contribution in [0.1, 0.15) is 31.6 Å². The second-order valence-corrected chi connectivity index (χ2v) is 7.50. The summed E-state index contributed by atoms with van der Waals surface area (Å²) in [6.45, 7) is 2.09.